The zero-order chi connectivity index (χ0) is 19.1. The maximum Gasteiger partial charge on any atom is 0.254 e. The van der Waals surface area contributed by atoms with Crippen LogP contribution in [0.2, 0.25) is 0 Å². The molecule has 3 rings (SSSR count). The summed E-state index contributed by atoms with van der Waals surface area (Å²) in [6, 6.07) is 16.3. The molecular weight excluding hydrogens is 344 g/mol. The largest absolute Gasteiger partial charge is 0.493 e. The van der Waals surface area contributed by atoms with Crippen molar-refractivity contribution in [3.8, 4) is 5.75 Å². The number of para-hydroxylation sites is 1. The number of morpholine rings is 1. The van der Waals surface area contributed by atoms with Crippen LogP contribution >= 0.6 is 0 Å². The highest BCUT2D eigenvalue weighted by Gasteiger charge is 2.22. The van der Waals surface area contributed by atoms with Crippen molar-refractivity contribution in [2.45, 2.75) is 19.4 Å². The van der Waals surface area contributed by atoms with E-state index in [9.17, 15) is 9.59 Å². The normalized spacial score (nSPS) is 16.6. The maximum atomic E-state index is 12.5. The number of nitrogens with one attached hydrogen (secondary N) is 1. The molecule has 1 fully saturated rings. The molecule has 2 aromatic carbocycles. The van der Waals surface area contributed by atoms with Crippen molar-refractivity contribution >= 4 is 17.5 Å². The number of hydrogen-bond donors (Lipinski definition) is 1. The number of hydrogen-bond acceptors (Lipinski definition) is 4. The molecule has 6 heteroatoms. The molecule has 0 saturated carbocycles. The number of anilines is 1. The summed E-state index contributed by atoms with van der Waals surface area (Å²) in [6.45, 7) is 4.02. The van der Waals surface area contributed by atoms with E-state index < -0.39 is 0 Å². The Hall–Kier alpha value is -2.86. The number of carbonyl (C=O) groups is 2. The standard InChI is InChI=1S/C21H24N2O4/c1-16-15-23(12-14-26-16)21(25)17-7-9-18(10-8-17)22-20(24)11-13-27-19-5-3-2-4-6-19/h2-10,16H,11-15H2,1H3,(H,22,24). The lowest BCUT2D eigenvalue weighted by atomic mass is 10.1. The summed E-state index contributed by atoms with van der Waals surface area (Å²) < 4.78 is 11.0. The Morgan fingerprint density at radius 3 is 2.59 bits per heavy atom. The molecule has 142 valence electrons. The molecule has 1 unspecified atom stereocenters. The van der Waals surface area contributed by atoms with Gasteiger partial charge in [-0.25, -0.2) is 0 Å². The van der Waals surface area contributed by atoms with Gasteiger partial charge in [0.25, 0.3) is 5.91 Å². The van der Waals surface area contributed by atoms with Gasteiger partial charge in [0.05, 0.1) is 25.7 Å². The van der Waals surface area contributed by atoms with Crippen LogP contribution in [0.15, 0.2) is 54.6 Å². The molecule has 1 aliphatic rings. The molecule has 27 heavy (non-hydrogen) atoms. The summed E-state index contributed by atoms with van der Waals surface area (Å²) >= 11 is 0. The summed E-state index contributed by atoms with van der Waals surface area (Å²) in [4.78, 5) is 26.3. The van der Waals surface area contributed by atoms with Crippen molar-refractivity contribution in [2.75, 3.05) is 31.6 Å². The van der Waals surface area contributed by atoms with E-state index in [0.717, 1.165) is 5.75 Å². The molecule has 0 aliphatic carbocycles. The molecule has 0 aromatic heterocycles. The lowest BCUT2D eigenvalue weighted by molar-refractivity contribution is -0.116. The van der Waals surface area contributed by atoms with E-state index in [1.54, 1.807) is 29.2 Å². The average molecular weight is 368 g/mol. The van der Waals surface area contributed by atoms with Gasteiger partial charge < -0.3 is 19.7 Å². The van der Waals surface area contributed by atoms with Crippen LogP contribution in [0.5, 0.6) is 5.75 Å². The van der Waals surface area contributed by atoms with Crippen LogP contribution in [-0.2, 0) is 9.53 Å². The van der Waals surface area contributed by atoms with Crippen molar-refractivity contribution < 1.29 is 19.1 Å². The van der Waals surface area contributed by atoms with Gasteiger partial charge in [-0.15, -0.1) is 0 Å². The minimum absolute atomic E-state index is 0.0145. The van der Waals surface area contributed by atoms with Gasteiger partial charge in [-0.05, 0) is 43.3 Å². The summed E-state index contributed by atoms with van der Waals surface area (Å²) in [6.07, 6.45) is 0.306. The molecule has 6 nitrogen and oxygen atoms in total. The minimum atomic E-state index is -0.132. The molecule has 1 aliphatic heterocycles. The van der Waals surface area contributed by atoms with E-state index in [0.29, 0.717) is 37.6 Å². The molecule has 0 radical (unpaired) electrons. The van der Waals surface area contributed by atoms with Crippen LogP contribution in [0, 0.1) is 0 Å². The second-order valence-electron chi connectivity index (χ2n) is 6.47. The number of rotatable bonds is 6. The third-order valence-corrected chi connectivity index (χ3v) is 4.28. The Kier molecular flexibility index (Phi) is 6.44. The van der Waals surface area contributed by atoms with Crippen LogP contribution < -0.4 is 10.1 Å². The highest BCUT2D eigenvalue weighted by molar-refractivity contribution is 5.96. The van der Waals surface area contributed by atoms with Gasteiger partial charge in [0.1, 0.15) is 5.75 Å². The van der Waals surface area contributed by atoms with E-state index in [1.807, 2.05) is 37.3 Å². The molecule has 1 atom stereocenters. The van der Waals surface area contributed by atoms with Gasteiger partial charge in [0.2, 0.25) is 5.91 Å². The van der Waals surface area contributed by atoms with Crippen molar-refractivity contribution in [1.29, 1.82) is 0 Å². The average Bonchev–Trinajstić information content (AvgIpc) is 2.69. The third-order valence-electron chi connectivity index (χ3n) is 4.28. The van der Waals surface area contributed by atoms with E-state index in [1.165, 1.54) is 0 Å². The van der Waals surface area contributed by atoms with Gasteiger partial charge in [0, 0.05) is 24.3 Å². The number of nitrogens with zero attached hydrogens (tertiary/aromatic N) is 1. The fourth-order valence-corrected chi connectivity index (χ4v) is 2.88. The molecular formula is C21H24N2O4. The fourth-order valence-electron chi connectivity index (χ4n) is 2.88. The fraction of sp³-hybridized carbons (Fsp3) is 0.333. The number of benzene rings is 2. The van der Waals surface area contributed by atoms with Crippen LogP contribution in [0.1, 0.15) is 23.7 Å². The first kappa shape index (κ1) is 18.9. The van der Waals surface area contributed by atoms with Crippen molar-refractivity contribution in [2.24, 2.45) is 0 Å². The monoisotopic (exact) mass is 368 g/mol. The first-order valence-electron chi connectivity index (χ1n) is 9.10. The minimum Gasteiger partial charge on any atom is -0.493 e. The van der Waals surface area contributed by atoms with E-state index in [4.69, 9.17) is 9.47 Å². The number of ether oxygens (including phenoxy) is 2. The topological polar surface area (TPSA) is 67.9 Å². The molecule has 1 heterocycles. The number of amides is 2. The molecule has 0 spiro atoms. The summed E-state index contributed by atoms with van der Waals surface area (Å²) in [5.41, 5.74) is 1.26. The lowest BCUT2D eigenvalue weighted by Crippen LogP contribution is -2.44. The Balaban J connectivity index is 1.47. The smallest absolute Gasteiger partial charge is 0.254 e. The van der Waals surface area contributed by atoms with Crippen LogP contribution in [0.3, 0.4) is 0 Å². The highest BCUT2D eigenvalue weighted by atomic mass is 16.5. The Bertz CT molecular complexity index is 762. The molecule has 2 amide bonds. The van der Waals surface area contributed by atoms with Crippen LogP contribution in [0.25, 0.3) is 0 Å². The zero-order valence-electron chi connectivity index (χ0n) is 15.4. The van der Waals surface area contributed by atoms with E-state index in [-0.39, 0.29) is 24.3 Å². The lowest BCUT2D eigenvalue weighted by Gasteiger charge is -2.31. The molecule has 2 aromatic rings. The summed E-state index contributed by atoms with van der Waals surface area (Å²) in [5.74, 6) is 0.594. The van der Waals surface area contributed by atoms with Gasteiger partial charge in [-0.3, -0.25) is 9.59 Å². The molecule has 0 bridgehead atoms. The van der Waals surface area contributed by atoms with Gasteiger partial charge >= 0.3 is 0 Å². The molecule has 1 N–H and O–H groups in total. The zero-order valence-corrected chi connectivity index (χ0v) is 15.4. The quantitative estimate of drug-likeness (QED) is 0.851. The van der Waals surface area contributed by atoms with Crippen molar-refractivity contribution in [1.82, 2.24) is 4.90 Å². The highest BCUT2D eigenvalue weighted by Crippen LogP contribution is 2.14. The number of carbonyl (C=O) groups excluding carboxylic acids is 2. The Labute approximate surface area is 159 Å². The maximum absolute atomic E-state index is 12.5. The van der Waals surface area contributed by atoms with E-state index >= 15 is 0 Å². The predicted octanol–water partition coefficient (Wildman–Crippen LogP) is 2.96. The molecule has 1 saturated heterocycles. The first-order chi connectivity index (χ1) is 13.1. The van der Waals surface area contributed by atoms with Crippen LogP contribution in [0.4, 0.5) is 5.69 Å². The Morgan fingerprint density at radius 1 is 1.15 bits per heavy atom. The Morgan fingerprint density at radius 2 is 1.89 bits per heavy atom. The summed E-state index contributed by atoms with van der Waals surface area (Å²) in [5, 5.41) is 2.82. The van der Waals surface area contributed by atoms with E-state index in [2.05, 4.69) is 5.32 Å². The summed E-state index contributed by atoms with van der Waals surface area (Å²) in [7, 11) is 0. The van der Waals surface area contributed by atoms with Gasteiger partial charge in [0.15, 0.2) is 0 Å². The van der Waals surface area contributed by atoms with Crippen molar-refractivity contribution in [3.63, 3.8) is 0 Å². The second-order valence-corrected chi connectivity index (χ2v) is 6.47. The predicted molar refractivity (Wildman–Crippen MR) is 103 cm³/mol. The van der Waals surface area contributed by atoms with Crippen molar-refractivity contribution in [3.05, 3.63) is 60.2 Å². The SMILES string of the molecule is CC1CN(C(=O)c2ccc(NC(=O)CCOc3ccccc3)cc2)CCO1. The first-order valence-corrected chi connectivity index (χ1v) is 9.10. The van der Waals surface area contributed by atoms with Crippen LogP contribution in [-0.4, -0.2) is 49.1 Å². The third kappa shape index (κ3) is 5.56. The van der Waals surface area contributed by atoms with Gasteiger partial charge in [-0.1, -0.05) is 18.2 Å². The second kappa shape index (κ2) is 9.19. The van der Waals surface area contributed by atoms with Gasteiger partial charge in [-0.2, -0.15) is 0 Å².